The summed E-state index contributed by atoms with van der Waals surface area (Å²) < 4.78 is 6.21. The van der Waals surface area contributed by atoms with E-state index in [1.165, 1.54) is 0 Å². The molecule has 6 heteroatoms. The Morgan fingerprint density at radius 1 is 1.21 bits per heavy atom. The highest BCUT2D eigenvalue weighted by molar-refractivity contribution is 7.21. The number of aryl methyl sites for hydroxylation is 1. The van der Waals surface area contributed by atoms with Crippen LogP contribution in [0.4, 0.5) is 0 Å². The van der Waals surface area contributed by atoms with Gasteiger partial charge < -0.3 is 9.64 Å². The van der Waals surface area contributed by atoms with Crippen LogP contribution in [-0.4, -0.2) is 60.5 Å². The van der Waals surface area contributed by atoms with E-state index in [9.17, 15) is 9.59 Å². The highest BCUT2D eigenvalue weighted by Gasteiger charge is 2.35. The molecule has 1 amide bonds. The van der Waals surface area contributed by atoms with Gasteiger partial charge in [0.2, 0.25) is 0 Å². The highest BCUT2D eigenvalue weighted by Crippen LogP contribution is 2.31. The molecule has 126 valence electrons. The van der Waals surface area contributed by atoms with Crippen LogP contribution in [0.5, 0.6) is 0 Å². The van der Waals surface area contributed by atoms with Gasteiger partial charge in [0.1, 0.15) is 6.04 Å². The van der Waals surface area contributed by atoms with Crippen molar-refractivity contribution in [3.63, 3.8) is 0 Å². The number of ether oxygens (including phenoxy) is 1. The first-order valence-electron chi connectivity index (χ1n) is 8.33. The molecule has 2 fully saturated rings. The molecule has 2 aromatic rings. The summed E-state index contributed by atoms with van der Waals surface area (Å²) in [5.74, 6) is -0.00234. The van der Waals surface area contributed by atoms with Crippen LogP contribution in [-0.2, 0) is 9.53 Å². The SMILES string of the molecule is Cc1c(C(=O)N2CCN(C3CCOC3=O)CC2)sc2ccccc12. The third kappa shape index (κ3) is 2.59. The van der Waals surface area contributed by atoms with Crippen LogP contribution in [0, 0.1) is 6.92 Å². The van der Waals surface area contributed by atoms with E-state index in [0.717, 1.165) is 40.0 Å². The van der Waals surface area contributed by atoms with E-state index in [1.807, 2.05) is 24.0 Å². The van der Waals surface area contributed by atoms with Gasteiger partial charge in [-0.1, -0.05) is 18.2 Å². The lowest BCUT2D eigenvalue weighted by Crippen LogP contribution is -2.53. The van der Waals surface area contributed by atoms with Gasteiger partial charge in [-0.05, 0) is 23.9 Å². The fourth-order valence-electron chi connectivity index (χ4n) is 3.58. The number of piperazine rings is 1. The molecule has 5 nitrogen and oxygen atoms in total. The highest BCUT2D eigenvalue weighted by atomic mass is 32.1. The number of benzene rings is 1. The van der Waals surface area contributed by atoms with Crippen molar-refractivity contribution in [2.75, 3.05) is 32.8 Å². The van der Waals surface area contributed by atoms with Gasteiger partial charge in [0.25, 0.3) is 5.91 Å². The summed E-state index contributed by atoms with van der Waals surface area (Å²) >= 11 is 1.57. The largest absolute Gasteiger partial charge is 0.464 e. The molecule has 0 bridgehead atoms. The van der Waals surface area contributed by atoms with Crippen molar-refractivity contribution in [1.82, 2.24) is 9.80 Å². The number of fused-ring (bicyclic) bond motifs is 1. The first-order chi connectivity index (χ1) is 11.6. The van der Waals surface area contributed by atoms with E-state index < -0.39 is 0 Å². The zero-order valence-corrected chi connectivity index (χ0v) is 14.5. The van der Waals surface area contributed by atoms with Gasteiger partial charge in [-0.15, -0.1) is 11.3 Å². The summed E-state index contributed by atoms with van der Waals surface area (Å²) in [4.78, 5) is 29.5. The van der Waals surface area contributed by atoms with Gasteiger partial charge in [-0.3, -0.25) is 14.5 Å². The van der Waals surface area contributed by atoms with Crippen LogP contribution in [0.15, 0.2) is 24.3 Å². The summed E-state index contributed by atoms with van der Waals surface area (Å²) in [6.07, 6.45) is 0.766. The quantitative estimate of drug-likeness (QED) is 0.785. The van der Waals surface area contributed by atoms with E-state index in [-0.39, 0.29) is 17.9 Å². The molecule has 0 saturated carbocycles. The van der Waals surface area contributed by atoms with Crippen molar-refractivity contribution in [3.8, 4) is 0 Å². The fourth-order valence-corrected chi connectivity index (χ4v) is 4.75. The lowest BCUT2D eigenvalue weighted by atomic mass is 10.1. The maximum Gasteiger partial charge on any atom is 0.323 e. The van der Waals surface area contributed by atoms with Crippen LogP contribution < -0.4 is 0 Å². The van der Waals surface area contributed by atoms with Crippen molar-refractivity contribution in [2.45, 2.75) is 19.4 Å². The average molecular weight is 344 g/mol. The standard InChI is InChI=1S/C18H20N2O3S/c1-12-13-4-2-3-5-15(13)24-16(12)17(21)20-9-7-19(8-10-20)14-6-11-23-18(14)22/h2-5,14H,6-11H2,1H3. The fraction of sp³-hybridized carbons (Fsp3) is 0.444. The van der Waals surface area contributed by atoms with E-state index >= 15 is 0 Å². The zero-order chi connectivity index (χ0) is 16.7. The van der Waals surface area contributed by atoms with Crippen molar-refractivity contribution < 1.29 is 14.3 Å². The summed E-state index contributed by atoms with van der Waals surface area (Å²) in [6, 6.07) is 8.03. The van der Waals surface area contributed by atoms with E-state index in [4.69, 9.17) is 4.74 Å². The first-order valence-corrected chi connectivity index (χ1v) is 9.15. The third-order valence-electron chi connectivity index (χ3n) is 4.99. The van der Waals surface area contributed by atoms with E-state index in [2.05, 4.69) is 17.0 Å². The van der Waals surface area contributed by atoms with Gasteiger partial charge in [-0.2, -0.15) is 0 Å². The Kier molecular flexibility index (Phi) is 4.02. The van der Waals surface area contributed by atoms with E-state index in [0.29, 0.717) is 19.7 Å². The molecule has 3 heterocycles. The van der Waals surface area contributed by atoms with Crippen molar-refractivity contribution in [2.24, 2.45) is 0 Å². The van der Waals surface area contributed by atoms with Gasteiger partial charge in [-0.25, -0.2) is 0 Å². The number of carbonyl (C=O) groups is 2. The van der Waals surface area contributed by atoms with Crippen LogP contribution >= 0.6 is 11.3 Å². The Labute approximate surface area is 144 Å². The molecule has 2 aliphatic heterocycles. The number of hydrogen-bond donors (Lipinski definition) is 0. The Balaban J connectivity index is 1.47. The molecule has 1 unspecified atom stereocenters. The number of hydrogen-bond acceptors (Lipinski definition) is 5. The number of esters is 1. The second kappa shape index (κ2) is 6.18. The number of nitrogens with zero attached hydrogens (tertiary/aromatic N) is 2. The van der Waals surface area contributed by atoms with Crippen LogP contribution in [0.3, 0.4) is 0 Å². The number of cyclic esters (lactones) is 1. The maximum absolute atomic E-state index is 12.9. The second-order valence-corrected chi connectivity index (χ2v) is 7.40. The summed E-state index contributed by atoms with van der Waals surface area (Å²) in [7, 11) is 0. The maximum atomic E-state index is 12.9. The summed E-state index contributed by atoms with van der Waals surface area (Å²) in [5.41, 5.74) is 1.07. The molecule has 24 heavy (non-hydrogen) atoms. The molecule has 0 aliphatic carbocycles. The molecule has 1 aromatic heterocycles. The monoisotopic (exact) mass is 344 g/mol. The topological polar surface area (TPSA) is 49.9 Å². The van der Waals surface area contributed by atoms with Gasteiger partial charge >= 0.3 is 5.97 Å². The molecule has 0 spiro atoms. The Bertz CT molecular complexity index is 793. The van der Waals surface area contributed by atoms with Crippen LogP contribution in [0.25, 0.3) is 10.1 Å². The smallest absolute Gasteiger partial charge is 0.323 e. The molecule has 1 atom stereocenters. The molecule has 4 rings (SSSR count). The van der Waals surface area contributed by atoms with Crippen LogP contribution in [0.2, 0.25) is 0 Å². The average Bonchev–Trinajstić information content (AvgIpc) is 3.18. The van der Waals surface area contributed by atoms with Crippen molar-refractivity contribution >= 4 is 33.3 Å². The Morgan fingerprint density at radius 3 is 2.62 bits per heavy atom. The second-order valence-electron chi connectivity index (χ2n) is 6.35. The first kappa shape index (κ1) is 15.6. The summed E-state index contributed by atoms with van der Waals surface area (Å²) in [6.45, 7) is 5.33. The third-order valence-corrected chi connectivity index (χ3v) is 6.25. The zero-order valence-electron chi connectivity index (χ0n) is 13.7. The van der Waals surface area contributed by atoms with Gasteiger partial charge in [0, 0.05) is 37.3 Å². The molecular formula is C18H20N2O3S. The predicted octanol–water partition coefficient (Wildman–Crippen LogP) is 2.28. The number of rotatable bonds is 2. The minimum Gasteiger partial charge on any atom is -0.464 e. The number of carbonyl (C=O) groups excluding carboxylic acids is 2. The van der Waals surface area contributed by atoms with Crippen molar-refractivity contribution in [3.05, 3.63) is 34.7 Å². The Hall–Kier alpha value is -1.92. The molecule has 0 radical (unpaired) electrons. The summed E-state index contributed by atoms with van der Waals surface area (Å²) in [5, 5.41) is 1.16. The van der Waals surface area contributed by atoms with Gasteiger partial charge in [0.15, 0.2) is 0 Å². The molecular weight excluding hydrogens is 324 g/mol. The van der Waals surface area contributed by atoms with Crippen molar-refractivity contribution in [1.29, 1.82) is 0 Å². The lowest BCUT2D eigenvalue weighted by Gasteiger charge is -2.36. The molecule has 0 N–H and O–H groups in total. The molecule has 2 aliphatic rings. The van der Waals surface area contributed by atoms with Gasteiger partial charge in [0.05, 0.1) is 11.5 Å². The minimum atomic E-state index is -0.117. The number of thiophene rings is 1. The van der Waals surface area contributed by atoms with E-state index in [1.54, 1.807) is 11.3 Å². The predicted molar refractivity (Wildman–Crippen MR) is 93.4 cm³/mol. The lowest BCUT2D eigenvalue weighted by molar-refractivity contribution is -0.142. The normalized spacial score (nSPS) is 22.1. The number of amides is 1. The molecule has 1 aromatic carbocycles. The Morgan fingerprint density at radius 2 is 1.96 bits per heavy atom. The molecule has 2 saturated heterocycles. The van der Waals surface area contributed by atoms with Crippen LogP contribution in [0.1, 0.15) is 21.7 Å². The minimum absolute atomic E-state index is 0.113.